The van der Waals surface area contributed by atoms with Gasteiger partial charge >= 0.3 is 0 Å². The number of benzene rings is 1. The van der Waals surface area contributed by atoms with Gasteiger partial charge in [0.05, 0.1) is 6.54 Å². The van der Waals surface area contributed by atoms with Crippen molar-refractivity contribution in [2.45, 2.75) is 6.54 Å². The van der Waals surface area contributed by atoms with Gasteiger partial charge in [-0.1, -0.05) is 18.2 Å². The Hall–Kier alpha value is -1.84. The van der Waals surface area contributed by atoms with E-state index in [2.05, 4.69) is 21.6 Å². The van der Waals surface area contributed by atoms with E-state index >= 15 is 0 Å². The summed E-state index contributed by atoms with van der Waals surface area (Å²) in [7, 11) is 0. The summed E-state index contributed by atoms with van der Waals surface area (Å²) in [6.07, 6.45) is 1.73. The summed E-state index contributed by atoms with van der Waals surface area (Å²) < 4.78 is 1.99. The molecule has 0 atom stereocenters. The molecule has 0 saturated heterocycles. The monoisotopic (exact) mass is 172 g/mol. The van der Waals surface area contributed by atoms with E-state index in [1.54, 1.807) is 6.33 Å². The molecule has 64 valence electrons. The van der Waals surface area contributed by atoms with E-state index in [0.29, 0.717) is 0 Å². The Morgan fingerprint density at radius 3 is 3.23 bits per heavy atom. The molecule has 0 radical (unpaired) electrons. The molecule has 1 aromatic carbocycles. The Balaban J connectivity index is 2.14. The molecule has 0 spiro atoms. The van der Waals surface area contributed by atoms with Crippen LogP contribution in [0.3, 0.4) is 0 Å². The molecule has 13 heavy (non-hydrogen) atoms. The van der Waals surface area contributed by atoms with Crippen LogP contribution in [0, 0.1) is 0 Å². The first-order chi connectivity index (χ1) is 6.43. The molecule has 2 aromatic rings. The third-order valence-corrected chi connectivity index (χ3v) is 2.22. The second-order valence-electron chi connectivity index (χ2n) is 3.06. The standard InChI is InChI=1S/C9H8N4/c1-2-4-8-7(3-1)5-13-6-10-12-9(13)11-8/h1-4,6H,5H2,(H,11,12). The second kappa shape index (κ2) is 2.32. The summed E-state index contributed by atoms with van der Waals surface area (Å²) in [4.78, 5) is 0. The van der Waals surface area contributed by atoms with Crippen molar-refractivity contribution < 1.29 is 0 Å². The highest BCUT2D eigenvalue weighted by Gasteiger charge is 2.13. The Kier molecular flexibility index (Phi) is 1.19. The normalized spacial score (nSPS) is 12.9. The van der Waals surface area contributed by atoms with Crippen LogP contribution in [-0.4, -0.2) is 14.8 Å². The van der Waals surface area contributed by atoms with Crippen molar-refractivity contribution in [2.75, 3.05) is 5.32 Å². The van der Waals surface area contributed by atoms with Gasteiger partial charge in [-0.3, -0.25) is 4.57 Å². The maximum absolute atomic E-state index is 3.96. The van der Waals surface area contributed by atoms with Crippen molar-refractivity contribution in [1.82, 2.24) is 14.8 Å². The number of para-hydroxylation sites is 1. The number of nitrogens with zero attached hydrogens (tertiary/aromatic N) is 3. The predicted octanol–water partition coefficient (Wildman–Crippen LogP) is 1.38. The summed E-state index contributed by atoms with van der Waals surface area (Å²) in [5.41, 5.74) is 2.40. The third kappa shape index (κ3) is 0.917. The minimum absolute atomic E-state index is 0.818. The maximum atomic E-state index is 3.96. The van der Waals surface area contributed by atoms with E-state index in [-0.39, 0.29) is 0 Å². The van der Waals surface area contributed by atoms with Gasteiger partial charge in [-0.05, 0) is 11.6 Å². The van der Waals surface area contributed by atoms with Crippen LogP contribution < -0.4 is 5.32 Å². The zero-order valence-corrected chi connectivity index (χ0v) is 6.94. The highest BCUT2D eigenvalue weighted by molar-refractivity contribution is 5.61. The van der Waals surface area contributed by atoms with Crippen LogP contribution in [0.1, 0.15) is 5.56 Å². The maximum Gasteiger partial charge on any atom is 0.229 e. The topological polar surface area (TPSA) is 42.7 Å². The fourth-order valence-corrected chi connectivity index (χ4v) is 1.55. The first kappa shape index (κ1) is 6.65. The minimum Gasteiger partial charge on any atom is -0.324 e. The van der Waals surface area contributed by atoms with Crippen LogP contribution in [0.25, 0.3) is 0 Å². The molecule has 4 heteroatoms. The molecule has 1 N–H and O–H groups in total. The Bertz CT molecular complexity index is 407. The SMILES string of the molecule is c1ccc2c(c1)Cn1cnnc1N2. The van der Waals surface area contributed by atoms with Crippen molar-refractivity contribution in [3.05, 3.63) is 36.2 Å². The zero-order chi connectivity index (χ0) is 8.67. The Morgan fingerprint density at radius 1 is 1.31 bits per heavy atom. The quantitative estimate of drug-likeness (QED) is 0.557. The van der Waals surface area contributed by atoms with Crippen molar-refractivity contribution in [3.63, 3.8) is 0 Å². The van der Waals surface area contributed by atoms with Gasteiger partial charge in [-0.25, -0.2) is 0 Å². The lowest BCUT2D eigenvalue weighted by Crippen LogP contribution is -2.12. The molecule has 1 aliphatic heterocycles. The lowest BCUT2D eigenvalue weighted by Gasteiger charge is -2.18. The number of nitrogens with one attached hydrogen (secondary N) is 1. The number of fused-ring (bicyclic) bond motifs is 2. The van der Waals surface area contributed by atoms with E-state index in [0.717, 1.165) is 18.2 Å². The van der Waals surface area contributed by atoms with Gasteiger partial charge in [0.15, 0.2) is 0 Å². The summed E-state index contributed by atoms with van der Waals surface area (Å²) >= 11 is 0. The second-order valence-corrected chi connectivity index (χ2v) is 3.06. The first-order valence-electron chi connectivity index (χ1n) is 4.16. The van der Waals surface area contributed by atoms with E-state index < -0.39 is 0 Å². The lowest BCUT2D eigenvalue weighted by atomic mass is 10.1. The molecule has 0 bridgehead atoms. The average Bonchev–Trinajstić information content (AvgIpc) is 2.61. The lowest BCUT2D eigenvalue weighted by molar-refractivity contribution is 0.788. The molecule has 0 aliphatic carbocycles. The number of rotatable bonds is 0. The average molecular weight is 172 g/mol. The molecular weight excluding hydrogens is 164 g/mol. The van der Waals surface area contributed by atoms with Crippen molar-refractivity contribution in [1.29, 1.82) is 0 Å². The van der Waals surface area contributed by atoms with Gasteiger partial charge < -0.3 is 5.32 Å². The number of hydrogen-bond acceptors (Lipinski definition) is 3. The summed E-state index contributed by atoms with van der Waals surface area (Å²) in [6, 6.07) is 8.20. The molecule has 1 aliphatic rings. The minimum atomic E-state index is 0.818. The molecule has 4 nitrogen and oxygen atoms in total. The van der Waals surface area contributed by atoms with Gasteiger partial charge in [-0.15, -0.1) is 10.2 Å². The molecule has 2 heterocycles. The Morgan fingerprint density at radius 2 is 2.23 bits per heavy atom. The van der Waals surface area contributed by atoms with Crippen LogP contribution in [0.5, 0.6) is 0 Å². The smallest absolute Gasteiger partial charge is 0.229 e. The van der Waals surface area contributed by atoms with Gasteiger partial charge in [0.2, 0.25) is 5.95 Å². The van der Waals surface area contributed by atoms with Crippen molar-refractivity contribution in [2.24, 2.45) is 0 Å². The number of anilines is 2. The molecule has 0 fully saturated rings. The molecular formula is C9H8N4. The molecule has 3 rings (SSSR count). The van der Waals surface area contributed by atoms with Crippen LogP contribution >= 0.6 is 0 Å². The first-order valence-corrected chi connectivity index (χ1v) is 4.16. The third-order valence-electron chi connectivity index (χ3n) is 2.22. The van der Waals surface area contributed by atoms with Gasteiger partial charge in [0, 0.05) is 5.69 Å². The van der Waals surface area contributed by atoms with Crippen molar-refractivity contribution >= 4 is 11.6 Å². The fraction of sp³-hybridized carbons (Fsp3) is 0.111. The predicted molar refractivity (Wildman–Crippen MR) is 48.8 cm³/mol. The molecule has 0 amide bonds. The van der Waals surface area contributed by atoms with Crippen LogP contribution in [0.2, 0.25) is 0 Å². The van der Waals surface area contributed by atoms with Gasteiger partial charge in [0.25, 0.3) is 0 Å². The number of aromatic nitrogens is 3. The molecule has 1 aromatic heterocycles. The van der Waals surface area contributed by atoms with E-state index in [1.807, 2.05) is 22.8 Å². The fourth-order valence-electron chi connectivity index (χ4n) is 1.55. The highest BCUT2D eigenvalue weighted by Crippen LogP contribution is 2.25. The largest absolute Gasteiger partial charge is 0.324 e. The summed E-state index contributed by atoms with van der Waals surface area (Å²) in [5.74, 6) is 0.818. The van der Waals surface area contributed by atoms with E-state index in [4.69, 9.17) is 0 Å². The van der Waals surface area contributed by atoms with E-state index in [9.17, 15) is 0 Å². The Labute approximate surface area is 75.2 Å². The molecule has 0 saturated carbocycles. The summed E-state index contributed by atoms with van der Waals surface area (Å²) in [5, 5.41) is 11.0. The van der Waals surface area contributed by atoms with Crippen LogP contribution in [0.15, 0.2) is 30.6 Å². The highest BCUT2D eigenvalue weighted by atomic mass is 15.3. The van der Waals surface area contributed by atoms with E-state index in [1.165, 1.54) is 5.56 Å². The van der Waals surface area contributed by atoms with Crippen molar-refractivity contribution in [3.8, 4) is 0 Å². The zero-order valence-electron chi connectivity index (χ0n) is 6.94. The van der Waals surface area contributed by atoms with Crippen LogP contribution in [0.4, 0.5) is 11.6 Å². The van der Waals surface area contributed by atoms with Gasteiger partial charge in [-0.2, -0.15) is 0 Å². The van der Waals surface area contributed by atoms with Gasteiger partial charge in [0.1, 0.15) is 6.33 Å². The van der Waals surface area contributed by atoms with Crippen LogP contribution in [-0.2, 0) is 6.54 Å². The number of hydrogen-bond donors (Lipinski definition) is 1. The molecule has 0 unspecified atom stereocenters. The summed E-state index contributed by atoms with van der Waals surface area (Å²) in [6.45, 7) is 0.853.